The quantitative estimate of drug-likeness (QED) is 0.902. The van der Waals surface area contributed by atoms with Crippen LogP contribution in [0, 0.1) is 13.8 Å². The number of hydrogen-bond donors (Lipinski definition) is 2. The number of carbonyl (C=O) groups is 1. The van der Waals surface area contributed by atoms with Crippen molar-refractivity contribution >= 4 is 17.3 Å². The lowest BCUT2D eigenvalue weighted by molar-refractivity contribution is -0.116. The molecule has 2 aromatic rings. The lowest BCUT2D eigenvalue weighted by Gasteiger charge is -2.20. The summed E-state index contributed by atoms with van der Waals surface area (Å²) in [6, 6.07) is 11.2. The fraction of sp³-hybridized carbons (Fsp3) is 0.316. The highest BCUT2D eigenvalue weighted by molar-refractivity contribution is 5.96. The van der Waals surface area contributed by atoms with E-state index in [0.717, 1.165) is 16.8 Å². The monoisotopic (exact) mass is 326 g/mol. The number of aryl methyl sites for hydroxylation is 2. The summed E-state index contributed by atoms with van der Waals surface area (Å²) in [5.74, 6) is 1.26. The van der Waals surface area contributed by atoms with Crippen LogP contribution in [-0.2, 0) is 4.79 Å². The topological polar surface area (TPSA) is 59.6 Å². The molecule has 0 fully saturated rings. The third-order valence-electron chi connectivity index (χ3n) is 3.81. The van der Waals surface area contributed by atoms with E-state index in [1.54, 1.807) is 6.07 Å². The second-order valence-corrected chi connectivity index (χ2v) is 6.09. The molecule has 1 atom stereocenters. The molecule has 0 saturated carbocycles. The number of carbonyl (C=O) groups excluding carboxylic acids is 1. The van der Waals surface area contributed by atoms with Crippen molar-refractivity contribution in [3.8, 4) is 11.5 Å². The van der Waals surface area contributed by atoms with E-state index >= 15 is 0 Å². The summed E-state index contributed by atoms with van der Waals surface area (Å²) in [4.78, 5) is 12.4. The zero-order valence-corrected chi connectivity index (χ0v) is 14.2. The van der Waals surface area contributed by atoms with Crippen molar-refractivity contribution < 1.29 is 14.3 Å². The van der Waals surface area contributed by atoms with Gasteiger partial charge in [-0.3, -0.25) is 4.79 Å². The molecule has 0 aromatic heterocycles. The van der Waals surface area contributed by atoms with Crippen LogP contribution in [0.25, 0.3) is 0 Å². The largest absolute Gasteiger partial charge is 0.486 e. The Balaban J connectivity index is 1.65. The maximum atomic E-state index is 12.4. The summed E-state index contributed by atoms with van der Waals surface area (Å²) < 4.78 is 11.0. The Bertz CT molecular complexity index is 738. The van der Waals surface area contributed by atoms with Crippen LogP contribution in [-0.4, -0.2) is 25.2 Å². The van der Waals surface area contributed by atoms with Gasteiger partial charge in [0.05, 0.1) is 0 Å². The predicted molar refractivity (Wildman–Crippen MR) is 95.1 cm³/mol. The molecule has 1 aliphatic rings. The third kappa shape index (κ3) is 3.79. The molecular weight excluding hydrogens is 304 g/mol. The molecule has 0 bridgehead atoms. The smallest absolute Gasteiger partial charge is 0.246 e. The summed E-state index contributed by atoms with van der Waals surface area (Å²) in [6.07, 6.45) is 0. The average Bonchev–Trinajstić information content (AvgIpc) is 2.53. The van der Waals surface area contributed by atoms with Gasteiger partial charge in [0.15, 0.2) is 11.5 Å². The lowest BCUT2D eigenvalue weighted by Crippen LogP contribution is -2.32. The molecule has 0 radical (unpaired) electrons. The first-order valence-electron chi connectivity index (χ1n) is 8.06. The van der Waals surface area contributed by atoms with Crippen molar-refractivity contribution in [2.75, 3.05) is 23.8 Å². The first-order chi connectivity index (χ1) is 11.5. The van der Waals surface area contributed by atoms with Crippen LogP contribution in [0.3, 0.4) is 0 Å². The molecular formula is C19H22N2O3. The first kappa shape index (κ1) is 16.2. The molecule has 1 amide bonds. The van der Waals surface area contributed by atoms with Gasteiger partial charge in [-0.2, -0.15) is 0 Å². The minimum atomic E-state index is -0.362. The van der Waals surface area contributed by atoms with Gasteiger partial charge in [-0.05, 0) is 56.2 Å². The number of hydrogen-bond acceptors (Lipinski definition) is 4. The predicted octanol–water partition coefficient (Wildman–Crippen LogP) is 3.51. The number of ether oxygens (including phenoxy) is 2. The molecule has 126 valence electrons. The normalized spacial score (nSPS) is 14.0. The average molecular weight is 326 g/mol. The van der Waals surface area contributed by atoms with Crippen LogP contribution in [0.2, 0.25) is 0 Å². The highest BCUT2D eigenvalue weighted by atomic mass is 16.6. The maximum Gasteiger partial charge on any atom is 0.246 e. The highest BCUT2D eigenvalue weighted by Crippen LogP contribution is 2.32. The van der Waals surface area contributed by atoms with Crippen LogP contribution >= 0.6 is 0 Å². The number of rotatable bonds is 4. The van der Waals surface area contributed by atoms with Crippen LogP contribution in [0.4, 0.5) is 11.4 Å². The summed E-state index contributed by atoms with van der Waals surface area (Å²) in [5.41, 5.74) is 3.96. The third-order valence-corrected chi connectivity index (χ3v) is 3.81. The Morgan fingerprint density at radius 3 is 2.33 bits per heavy atom. The lowest BCUT2D eigenvalue weighted by atomic mass is 10.1. The molecule has 5 heteroatoms. The number of amides is 1. The van der Waals surface area contributed by atoms with Crippen molar-refractivity contribution in [3.05, 3.63) is 47.5 Å². The molecule has 3 rings (SSSR count). The molecule has 0 spiro atoms. The molecule has 1 aliphatic heterocycles. The second kappa shape index (κ2) is 6.83. The number of nitrogens with one attached hydrogen (secondary N) is 2. The SMILES string of the molecule is Cc1cc(C)cc(N[C@H](C)C(=O)Nc2ccc3c(c2)OCCO3)c1. The van der Waals surface area contributed by atoms with E-state index in [-0.39, 0.29) is 11.9 Å². The Morgan fingerprint density at radius 1 is 0.958 bits per heavy atom. The fourth-order valence-electron chi connectivity index (χ4n) is 2.75. The number of fused-ring (bicyclic) bond motifs is 1. The molecule has 0 unspecified atom stereocenters. The van der Waals surface area contributed by atoms with Crippen LogP contribution in [0.1, 0.15) is 18.1 Å². The Kier molecular flexibility index (Phi) is 4.60. The number of anilines is 2. The Hall–Kier alpha value is -2.69. The summed E-state index contributed by atoms with van der Waals surface area (Å²) in [6.45, 7) is 6.99. The first-order valence-corrected chi connectivity index (χ1v) is 8.06. The van der Waals surface area contributed by atoms with Crippen molar-refractivity contribution in [2.45, 2.75) is 26.8 Å². The van der Waals surface area contributed by atoms with Crippen molar-refractivity contribution in [2.24, 2.45) is 0 Å². The van der Waals surface area contributed by atoms with E-state index in [9.17, 15) is 4.79 Å². The zero-order valence-electron chi connectivity index (χ0n) is 14.2. The van der Waals surface area contributed by atoms with Crippen LogP contribution in [0.15, 0.2) is 36.4 Å². The summed E-state index contributed by atoms with van der Waals surface area (Å²) in [5, 5.41) is 6.14. The van der Waals surface area contributed by atoms with Gasteiger partial charge in [-0.1, -0.05) is 6.07 Å². The van der Waals surface area contributed by atoms with Gasteiger partial charge in [0, 0.05) is 17.4 Å². The minimum absolute atomic E-state index is 0.106. The second-order valence-electron chi connectivity index (χ2n) is 6.09. The molecule has 2 aromatic carbocycles. The van der Waals surface area contributed by atoms with Gasteiger partial charge in [0.1, 0.15) is 19.3 Å². The van der Waals surface area contributed by atoms with Crippen molar-refractivity contribution in [1.82, 2.24) is 0 Å². The molecule has 2 N–H and O–H groups in total. The summed E-state index contributed by atoms with van der Waals surface area (Å²) in [7, 11) is 0. The Morgan fingerprint density at radius 2 is 1.62 bits per heavy atom. The van der Waals surface area contributed by atoms with Gasteiger partial charge in [-0.15, -0.1) is 0 Å². The molecule has 5 nitrogen and oxygen atoms in total. The molecule has 1 heterocycles. The van der Waals surface area contributed by atoms with E-state index in [2.05, 4.69) is 16.7 Å². The van der Waals surface area contributed by atoms with E-state index in [0.29, 0.717) is 30.4 Å². The van der Waals surface area contributed by atoms with Gasteiger partial charge in [0.2, 0.25) is 5.91 Å². The minimum Gasteiger partial charge on any atom is -0.486 e. The molecule has 0 aliphatic carbocycles. The Labute approximate surface area is 142 Å². The van der Waals surface area contributed by atoms with E-state index < -0.39 is 0 Å². The van der Waals surface area contributed by atoms with Gasteiger partial charge < -0.3 is 20.1 Å². The molecule has 0 saturated heterocycles. The van der Waals surface area contributed by atoms with Gasteiger partial charge in [0.25, 0.3) is 0 Å². The zero-order chi connectivity index (χ0) is 17.1. The van der Waals surface area contributed by atoms with Crippen molar-refractivity contribution in [1.29, 1.82) is 0 Å². The highest BCUT2D eigenvalue weighted by Gasteiger charge is 2.16. The van der Waals surface area contributed by atoms with E-state index in [1.165, 1.54) is 0 Å². The van der Waals surface area contributed by atoms with Crippen molar-refractivity contribution in [3.63, 3.8) is 0 Å². The standard InChI is InChI=1S/C19H22N2O3/c1-12-8-13(2)10-16(9-12)20-14(3)19(22)21-15-4-5-17-18(11-15)24-7-6-23-17/h4-5,8-11,14,20H,6-7H2,1-3H3,(H,21,22)/t14-/m1/s1. The van der Waals surface area contributed by atoms with Gasteiger partial charge >= 0.3 is 0 Å². The van der Waals surface area contributed by atoms with Crippen LogP contribution in [0.5, 0.6) is 11.5 Å². The van der Waals surface area contributed by atoms with E-state index in [4.69, 9.17) is 9.47 Å². The van der Waals surface area contributed by atoms with Gasteiger partial charge in [-0.25, -0.2) is 0 Å². The van der Waals surface area contributed by atoms with Crippen LogP contribution < -0.4 is 20.1 Å². The maximum absolute atomic E-state index is 12.4. The molecule has 24 heavy (non-hydrogen) atoms. The summed E-state index contributed by atoms with van der Waals surface area (Å²) >= 11 is 0. The van der Waals surface area contributed by atoms with E-state index in [1.807, 2.05) is 45.0 Å². The number of benzene rings is 2. The fourth-order valence-corrected chi connectivity index (χ4v) is 2.75.